The topological polar surface area (TPSA) is 32.3 Å². The van der Waals surface area contributed by atoms with E-state index in [-0.39, 0.29) is 5.91 Å². The number of nitrogens with one attached hydrogen (secondary N) is 1. The second-order valence-corrected chi connectivity index (χ2v) is 8.24. The van der Waals surface area contributed by atoms with Crippen molar-refractivity contribution >= 4 is 17.5 Å². The lowest BCUT2D eigenvalue weighted by Gasteiger charge is -2.15. The van der Waals surface area contributed by atoms with E-state index in [9.17, 15) is 4.79 Å². The number of rotatable bonds is 7. The van der Waals surface area contributed by atoms with Gasteiger partial charge in [0.15, 0.2) is 0 Å². The maximum absolute atomic E-state index is 12.9. The van der Waals surface area contributed by atoms with E-state index in [1.807, 2.05) is 42.5 Å². The Bertz CT molecular complexity index is 980. The van der Waals surface area contributed by atoms with Crippen LogP contribution in [0, 0.1) is 0 Å². The van der Waals surface area contributed by atoms with E-state index in [2.05, 4.69) is 34.5 Å². The molecule has 1 aliphatic heterocycles. The monoisotopic (exact) mass is 418 g/mol. The Labute approximate surface area is 183 Å². The Kier molecular flexibility index (Phi) is 6.83. The molecule has 1 aliphatic rings. The third-order valence-corrected chi connectivity index (χ3v) is 5.97. The van der Waals surface area contributed by atoms with E-state index in [1.54, 1.807) is 6.07 Å². The number of nitrogens with zero attached hydrogens (tertiary/aromatic N) is 1. The Hall–Kier alpha value is -2.62. The van der Waals surface area contributed by atoms with Crippen molar-refractivity contribution in [2.45, 2.75) is 25.8 Å². The number of hydrogen-bond acceptors (Lipinski definition) is 2. The number of carbonyl (C=O) groups excluding carboxylic acids is 1. The minimum Gasteiger partial charge on any atom is -0.352 e. The molecule has 1 heterocycles. The lowest BCUT2D eigenvalue weighted by Crippen LogP contribution is -2.26. The predicted octanol–water partition coefficient (Wildman–Crippen LogP) is 5.58. The summed E-state index contributed by atoms with van der Waals surface area (Å²) in [5.74, 6) is -0.134. The van der Waals surface area contributed by atoms with Crippen molar-refractivity contribution in [1.29, 1.82) is 0 Å². The lowest BCUT2D eigenvalue weighted by molar-refractivity contribution is 0.0955. The molecule has 1 amide bonds. The highest BCUT2D eigenvalue weighted by Gasteiger charge is 2.16. The average molecular weight is 419 g/mol. The first-order valence-electron chi connectivity index (χ1n) is 10.6. The predicted molar refractivity (Wildman–Crippen MR) is 124 cm³/mol. The molecule has 0 aromatic heterocycles. The van der Waals surface area contributed by atoms with Gasteiger partial charge in [-0.3, -0.25) is 9.69 Å². The van der Waals surface area contributed by atoms with Crippen molar-refractivity contribution in [2.24, 2.45) is 0 Å². The fraction of sp³-hybridized carbons (Fsp3) is 0.269. The molecular formula is C26H27ClN2O. The maximum Gasteiger partial charge on any atom is 0.253 e. The van der Waals surface area contributed by atoms with Gasteiger partial charge < -0.3 is 5.32 Å². The van der Waals surface area contributed by atoms with Crippen LogP contribution >= 0.6 is 11.6 Å². The van der Waals surface area contributed by atoms with Crippen LogP contribution in [0.3, 0.4) is 0 Å². The number of benzene rings is 3. The first-order chi connectivity index (χ1) is 14.7. The van der Waals surface area contributed by atoms with Gasteiger partial charge in [-0.05, 0) is 60.7 Å². The largest absolute Gasteiger partial charge is 0.352 e. The zero-order valence-corrected chi connectivity index (χ0v) is 17.9. The van der Waals surface area contributed by atoms with Crippen LogP contribution in [0.5, 0.6) is 0 Å². The van der Waals surface area contributed by atoms with Crippen LogP contribution in [0.2, 0.25) is 5.02 Å². The number of amides is 1. The highest BCUT2D eigenvalue weighted by Crippen LogP contribution is 2.29. The molecule has 1 fully saturated rings. The molecule has 0 atom stereocenters. The van der Waals surface area contributed by atoms with E-state index in [1.165, 1.54) is 37.1 Å². The van der Waals surface area contributed by atoms with Crippen molar-refractivity contribution in [3.05, 3.63) is 94.5 Å². The van der Waals surface area contributed by atoms with Gasteiger partial charge in [0.1, 0.15) is 0 Å². The average Bonchev–Trinajstić information content (AvgIpc) is 3.28. The molecular weight excluding hydrogens is 392 g/mol. The smallest absolute Gasteiger partial charge is 0.253 e. The van der Waals surface area contributed by atoms with Crippen molar-refractivity contribution < 1.29 is 4.79 Å². The van der Waals surface area contributed by atoms with Crippen molar-refractivity contribution in [3.8, 4) is 11.1 Å². The number of hydrogen-bond donors (Lipinski definition) is 1. The summed E-state index contributed by atoms with van der Waals surface area (Å²) in [7, 11) is 0. The summed E-state index contributed by atoms with van der Waals surface area (Å²) < 4.78 is 0. The molecule has 3 aromatic rings. The minimum absolute atomic E-state index is 0.134. The van der Waals surface area contributed by atoms with Gasteiger partial charge in [-0.15, -0.1) is 0 Å². The molecule has 0 aliphatic carbocycles. The van der Waals surface area contributed by atoms with Gasteiger partial charge in [0.2, 0.25) is 0 Å². The van der Waals surface area contributed by atoms with Crippen LogP contribution in [-0.2, 0) is 13.0 Å². The summed E-state index contributed by atoms with van der Waals surface area (Å²) in [6.45, 7) is 4.02. The molecule has 1 N–H and O–H groups in total. The Balaban J connectivity index is 1.36. The van der Waals surface area contributed by atoms with E-state index in [4.69, 9.17) is 11.6 Å². The highest BCUT2D eigenvalue weighted by molar-refractivity contribution is 6.34. The Morgan fingerprint density at radius 3 is 2.30 bits per heavy atom. The molecule has 4 rings (SSSR count). The van der Waals surface area contributed by atoms with Crippen LogP contribution in [0.15, 0.2) is 72.8 Å². The van der Waals surface area contributed by atoms with Gasteiger partial charge in [-0.1, -0.05) is 78.3 Å². The van der Waals surface area contributed by atoms with Gasteiger partial charge in [0.05, 0.1) is 10.6 Å². The maximum atomic E-state index is 12.9. The summed E-state index contributed by atoms with van der Waals surface area (Å²) in [4.78, 5) is 15.4. The van der Waals surface area contributed by atoms with Crippen LogP contribution < -0.4 is 5.32 Å². The molecule has 0 spiro atoms. The van der Waals surface area contributed by atoms with E-state index in [0.717, 1.165) is 24.1 Å². The summed E-state index contributed by atoms with van der Waals surface area (Å²) >= 11 is 6.39. The van der Waals surface area contributed by atoms with Crippen molar-refractivity contribution in [1.82, 2.24) is 10.2 Å². The second-order valence-electron chi connectivity index (χ2n) is 7.83. The molecule has 3 aromatic carbocycles. The summed E-state index contributed by atoms with van der Waals surface area (Å²) in [5, 5.41) is 3.51. The molecule has 154 valence electrons. The third kappa shape index (κ3) is 5.10. The third-order valence-electron chi connectivity index (χ3n) is 5.65. The van der Waals surface area contributed by atoms with Crippen LogP contribution in [0.1, 0.15) is 34.3 Å². The number of likely N-dealkylation sites (tertiary alicyclic amines) is 1. The van der Waals surface area contributed by atoms with Crippen LogP contribution in [0.4, 0.5) is 0 Å². The molecule has 4 heteroatoms. The van der Waals surface area contributed by atoms with Gasteiger partial charge in [-0.2, -0.15) is 0 Å². The van der Waals surface area contributed by atoms with Crippen molar-refractivity contribution in [2.75, 3.05) is 19.6 Å². The standard InChI is InChI=1S/C26H27ClN2O/c27-24-10-6-9-23(22-7-2-1-3-8-22)25(24)26(30)28-16-15-20-11-13-21(14-12-20)19-29-17-4-5-18-29/h1-3,6-14H,4-5,15-19H2,(H,28,30). The zero-order valence-electron chi connectivity index (χ0n) is 17.1. The van der Waals surface area contributed by atoms with Crippen LogP contribution in [0.25, 0.3) is 11.1 Å². The molecule has 0 radical (unpaired) electrons. The molecule has 0 unspecified atom stereocenters. The number of halogens is 1. The molecule has 30 heavy (non-hydrogen) atoms. The van der Waals surface area contributed by atoms with E-state index in [0.29, 0.717) is 17.1 Å². The summed E-state index contributed by atoms with van der Waals surface area (Å²) in [6.07, 6.45) is 3.42. The highest BCUT2D eigenvalue weighted by atomic mass is 35.5. The first-order valence-corrected chi connectivity index (χ1v) is 11.0. The first kappa shape index (κ1) is 20.6. The quantitative estimate of drug-likeness (QED) is 0.543. The fourth-order valence-electron chi connectivity index (χ4n) is 4.03. The summed E-state index contributed by atoms with van der Waals surface area (Å²) in [5.41, 5.74) is 4.95. The SMILES string of the molecule is O=C(NCCc1ccc(CN2CCCC2)cc1)c1c(Cl)cccc1-c1ccccc1. The molecule has 0 saturated carbocycles. The Morgan fingerprint density at radius 1 is 0.867 bits per heavy atom. The second kappa shape index (κ2) is 9.92. The van der Waals surface area contributed by atoms with Crippen LogP contribution in [-0.4, -0.2) is 30.4 Å². The molecule has 1 saturated heterocycles. The zero-order chi connectivity index (χ0) is 20.8. The minimum atomic E-state index is -0.134. The van der Waals surface area contributed by atoms with Crippen molar-refractivity contribution in [3.63, 3.8) is 0 Å². The summed E-state index contributed by atoms with van der Waals surface area (Å²) in [6, 6.07) is 24.2. The van der Waals surface area contributed by atoms with Gasteiger partial charge >= 0.3 is 0 Å². The van der Waals surface area contributed by atoms with Gasteiger partial charge in [0, 0.05) is 13.1 Å². The number of carbonyl (C=O) groups is 1. The van der Waals surface area contributed by atoms with Gasteiger partial charge in [0.25, 0.3) is 5.91 Å². The van der Waals surface area contributed by atoms with E-state index < -0.39 is 0 Å². The van der Waals surface area contributed by atoms with E-state index >= 15 is 0 Å². The Morgan fingerprint density at radius 2 is 1.57 bits per heavy atom. The molecule has 0 bridgehead atoms. The molecule has 3 nitrogen and oxygen atoms in total. The lowest BCUT2D eigenvalue weighted by atomic mass is 9.99. The normalized spacial score (nSPS) is 14.0. The van der Waals surface area contributed by atoms with Gasteiger partial charge in [-0.25, -0.2) is 0 Å². The fourth-order valence-corrected chi connectivity index (χ4v) is 4.29.